The summed E-state index contributed by atoms with van der Waals surface area (Å²) in [5.74, 6) is -7.24. The van der Waals surface area contributed by atoms with Gasteiger partial charge in [-0.25, -0.2) is 0 Å². The van der Waals surface area contributed by atoms with Crippen LogP contribution in [0.4, 0.5) is 0 Å². The molecule has 40 heavy (non-hydrogen) atoms. The molecule has 1 aliphatic heterocycles. The number of aliphatic hydroxyl groups is 4. The predicted molar refractivity (Wildman–Crippen MR) is 146 cm³/mol. The van der Waals surface area contributed by atoms with Crippen LogP contribution in [0.15, 0.2) is 35.1 Å². The number of hydrogen-bond acceptors (Lipinski definition) is 11. The second-order valence-electron chi connectivity index (χ2n) is 11.1. The summed E-state index contributed by atoms with van der Waals surface area (Å²) in [6, 6.07) is 3.10. The Morgan fingerprint density at radius 2 is 1.80 bits per heavy atom. The SMILES string of the molecule is CN(C)C1C(=O)C(C(=O)NCN2CCNCC2)=C(O)C2(O)C(=O)C3=C(O)c4c(O)cccc4C(C)(O)C3CC12.Cl. The number of phenols is 1. The quantitative estimate of drug-likeness (QED) is 0.230. The third-order valence-corrected chi connectivity index (χ3v) is 8.67. The second kappa shape index (κ2) is 10.4. The third-order valence-electron chi connectivity index (χ3n) is 8.67. The van der Waals surface area contributed by atoms with Gasteiger partial charge in [-0.15, -0.1) is 12.4 Å². The van der Waals surface area contributed by atoms with Crippen LogP contribution in [0.1, 0.15) is 24.5 Å². The summed E-state index contributed by atoms with van der Waals surface area (Å²) in [7, 11) is 3.11. The summed E-state index contributed by atoms with van der Waals surface area (Å²) in [5, 5.41) is 62.3. The lowest BCUT2D eigenvalue weighted by molar-refractivity contribution is -0.159. The third kappa shape index (κ3) is 4.21. The highest BCUT2D eigenvalue weighted by Crippen LogP contribution is 2.57. The maximum absolute atomic E-state index is 14.1. The van der Waals surface area contributed by atoms with Gasteiger partial charge < -0.3 is 36.2 Å². The van der Waals surface area contributed by atoms with Crippen LogP contribution in [-0.2, 0) is 20.0 Å². The summed E-state index contributed by atoms with van der Waals surface area (Å²) in [6.07, 6.45) is -0.182. The molecule has 1 aromatic carbocycles. The lowest BCUT2D eigenvalue weighted by atomic mass is 9.54. The van der Waals surface area contributed by atoms with E-state index in [4.69, 9.17) is 0 Å². The van der Waals surface area contributed by atoms with Gasteiger partial charge in [0.1, 0.15) is 22.8 Å². The van der Waals surface area contributed by atoms with Gasteiger partial charge in [0, 0.05) is 43.6 Å². The van der Waals surface area contributed by atoms with E-state index in [1.165, 1.54) is 30.0 Å². The van der Waals surface area contributed by atoms with Crippen LogP contribution < -0.4 is 10.6 Å². The normalized spacial score (nSPS) is 32.3. The zero-order valence-electron chi connectivity index (χ0n) is 22.5. The van der Waals surface area contributed by atoms with Crippen LogP contribution in [0.2, 0.25) is 0 Å². The van der Waals surface area contributed by atoms with E-state index >= 15 is 0 Å². The molecule has 0 aromatic heterocycles. The summed E-state index contributed by atoms with van der Waals surface area (Å²) >= 11 is 0. The van der Waals surface area contributed by atoms with Crippen LogP contribution in [0.5, 0.6) is 5.75 Å². The summed E-state index contributed by atoms with van der Waals surface area (Å²) in [5.41, 5.74) is -5.58. The van der Waals surface area contributed by atoms with Crippen molar-refractivity contribution < 1.29 is 39.9 Å². The van der Waals surface area contributed by atoms with E-state index < -0.39 is 63.6 Å². The number of nitrogens with one attached hydrogen (secondary N) is 2. The number of hydrogen-bond donors (Lipinski definition) is 7. The Balaban J connectivity index is 0.00000370. The summed E-state index contributed by atoms with van der Waals surface area (Å²) in [6.45, 7) is 4.30. The van der Waals surface area contributed by atoms with E-state index in [1.807, 2.05) is 4.90 Å². The van der Waals surface area contributed by atoms with Gasteiger partial charge in [0.15, 0.2) is 11.4 Å². The fourth-order valence-electron chi connectivity index (χ4n) is 6.62. The molecule has 5 atom stereocenters. The Hall–Kier alpha value is -3.00. The molecule has 5 rings (SSSR count). The smallest absolute Gasteiger partial charge is 0.259 e. The van der Waals surface area contributed by atoms with Crippen molar-refractivity contribution in [1.82, 2.24) is 20.4 Å². The topological polar surface area (TPSA) is 183 Å². The van der Waals surface area contributed by atoms with Crippen LogP contribution in [0, 0.1) is 11.8 Å². The molecule has 2 fully saturated rings. The molecule has 1 saturated heterocycles. The molecule has 0 spiro atoms. The number of aromatic hydroxyl groups is 1. The molecule has 0 radical (unpaired) electrons. The number of rotatable bonds is 4. The molecule has 1 amide bonds. The second-order valence-corrected chi connectivity index (χ2v) is 11.1. The number of phenolic OH excluding ortho intramolecular Hbond substituents is 1. The minimum Gasteiger partial charge on any atom is -0.508 e. The number of amides is 1. The van der Waals surface area contributed by atoms with Crippen molar-refractivity contribution in [3.8, 4) is 5.75 Å². The van der Waals surface area contributed by atoms with E-state index in [0.29, 0.717) is 13.1 Å². The van der Waals surface area contributed by atoms with Crippen LogP contribution in [0.25, 0.3) is 5.76 Å². The summed E-state index contributed by atoms with van der Waals surface area (Å²) < 4.78 is 0. The standard InChI is InChI=1S/C27H34N4O8.ClH/c1-26(38)13-5-4-6-16(32)17(13)21(33)18-14(26)11-15-20(30(2)3)22(34)19(24(36)27(15,39)23(18)35)25(37)29-12-31-9-7-28-8-10-31;/h4-6,14-15,20,28,32-33,36,38-39H,7-12H2,1-3H3,(H,29,37);1H. The number of aliphatic hydroxyl groups excluding tert-OH is 2. The molecule has 12 nitrogen and oxygen atoms in total. The number of benzene rings is 1. The molecule has 0 bridgehead atoms. The van der Waals surface area contributed by atoms with Crippen molar-refractivity contribution >= 4 is 35.6 Å². The first-order valence-electron chi connectivity index (χ1n) is 12.9. The van der Waals surface area contributed by atoms with Gasteiger partial charge in [0.05, 0.1) is 23.9 Å². The Bertz CT molecular complexity index is 1320. The van der Waals surface area contributed by atoms with Crippen LogP contribution >= 0.6 is 12.4 Å². The average molecular weight is 579 g/mol. The van der Waals surface area contributed by atoms with E-state index in [2.05, 4.69) is 10.6 Å². The fraction of sp³-hybridized carbons (Fsp3) is 0.519. The molecule has 4 aliphatic rings. The first kappa shape index (κ1) is 30.0. The van der Waals surface area contributed by atoms with Gasteiger partial charge in [0.25, 0.3) is 5.91 Å². The number of likely N-dealkylation sites (N-methyl/N-ethyl adjacent to an activating group) is 1. The van der Waals surface area contributed by atoms with E-state index in [1.54, 1.807) is 14.1 Å². The number of piperazine rings is 1. The van der Waals surface area contributed by atoms with Gasteiger partial charge >= 0.3 is 0 Å². The van der Waals surface area contributed by atoms with Crippen molar-refractivity contribution in [1.29, 1.82) is 0 Å². The van der Waals surface area contributed by atoms with E-state index in [-0.39, 0.29) is 47.9 Å². The van der Waals surface area contributed by atoms with Crippen molar-refractivity contribution in [2.75, 3.05) is 46.9 Å². The van der Waals surface area contributed by atoms with Crippen molar-refractivity contribution in [3.05, 3.63) is 46.2 Å². The Morgan fingerprint density at radius 3 is 2.42 bits per heavy atom. The molecule has 5 unspecified atom stereocenters. The molecule has 1 aromatic rings. The highest BCUT2D eigenvalue weighted by molar-refractivity contribution is 6.25. The predicted octanol–water partition coefficient (Wildman–Crippen LogP) is -0.456. The van der Waals surface area contributed by atoms with Gasteiger partial charge in [-0.2, -0.15) is 0 Å². The Kier molecular flexibility index (Phi) is 7.82. The Morgan fingerprint density at radius 1 is 1.15 bits per heavy atom. The first-order chi connectivity index (χ1) is 18.3. The minimum absolute atomic E-state index is 0. The minimum atomic E-state index is -2.73. The average Bonchev–Trinajstić information content (AvgIpc) is 2.88. The van der Waals surface area contributed by atoms with Crippen molar-refractivity contribution in [2.24, 2.45) is 11.8 Å². The van der Waals surface area contributed by atoms with Gasteiger partial charge in [-0.3, -0.25) is 24.2 Å². The summed E-state index contributed by atoms with van der Waals surface area (Å²) in [4.78, 5) is 44.4. The molecule has 7 N–H and O–H groups in total. The van der Waals surface area contributed by atoms with Crippen molar-refractivity contribution in [2.45, 2.75) is 30.6 Å². The van der Waals surface area contributed by atoms with Crippen molar-refractivity contribution in [3.63, 3.8) is 0 Å². The highest BCUT2D eigenvalue weighted by Gasteiger charge is 2.66. The van der Waals surface area contributed by atoms with E-state index in [0.717, 1.165) is 13.1 Å². The highest BCUT2D eigenvalue weighted by atomic mass is 35.5. The lowest BCUT2D eigenvalue weighted by Gasteiger charge is -2.53. The molecule has 3 aliphatic carbocycles. The molecule has 1 saturated carbocycles. The number of carbonyl (C=O) groups excluding carboxylic acids is 3. The zero-order valence-corrected chi connectivity index (χ0v) is 23.3. The van der Waals surface area contributed by atoms with Crippen LogP contribution in [0.3, 0.4) is 0 Å². The molecule has 13 heteroatoms. The molecular formula is C27H35ClN4O8. The first-order valence-corrected chi connectivity index (χ1v) is 12.9. The van der Waals surface area contributed by atoms with Gasteiger partial charge in [0.2, 0.25) is 5.78 Å². The maximum Gasteiger partial charge on any atom is 0.259 e. The molecule has 218 valence electrons. The van der Waals surface area contributed by atoms with Crippen LogP contribution in [-0.4, -0.2) is 111 Å². The lowest BCUT2D eigenvalue weighted by Crippen LogP contribution is -2.67. The van der Waals surface area contributed by atoms with Gasteiger partial charge in [-0.1, -0.05) is 12.1 Å². The number of carbonyl (C=O) groups is 3. The molecule has 1 heterocycles. The number of nitrogens with zero attached hydrogens (tertiary/aromatic N) is 2. The maximum atomic E-state index is 14.1. The fourth-order valence-corrected chi connectivity index (χ4v) is 6.62. The number of Topliss-reactive ketones (excluding diaryl/α,β-unsaturated/α-hetero) is 2. The van der Waals surface area contributed by atoms with E-state index in [9.17, 15) is 39.9 Å². The van der Waals surface area contributed by atoms with Gasteiger partial charge in [-0.05, 0) is 39.1 Å². The zero-order chi connectivity index (χ0) is 28.4. The number of ketones is 2. The molecular weight excluding hydrogens is 544 g/mol. The largest absolute Gasteiger partial charge is 0.508 e. The number of halogens is 1. The number of fused-ring (bicyclic) bond motifs is 3. The Labute approximate surface area is 237 Å². The monoisotopic (exact) mass is 578 g/mol.